The molecule has 5 heteroatoms. The first-order valence-electron chi connectivity index (χ1n) is 6.55. The van der Waals surface area contributed by atoms with Gasteiger partial charge in [-0.1, -0.05) is 13.8 Å². The molecule has 0 N–H and O–H groups in total. The molecule has 4 nitrogen and oxygen atoms in total. The molecule has 0 saturated heterocycles. The van der Waals surface area contributed by atoms with Crippen LogP contribution in [0.15, 0.2) is 0 Å². The van der Waals surface area contributed by atoms with Crippen LogP contribution in [0.1, 0.15) is 48.5 Å². The summed E-state index contributed by atoms with van der Waals surface area (Å²) < 4.78 is 15.7. The number of carbonyl (C=O) groups is 1. The van der Waals surface area contributed by atoms with E-state index in [1.807, 2.05) is 27.7 Å². The van der Waals surface area contributed by atoms with Gasteiger partial charge in [0.1, 0.15) is 0 Å². The third-order valence-corrected chi connectivity index (χ3v) is 2.33. The Hall–Kier alpha value is -0.705. The first kappa shape index (κ1) is 17.3. The van der Waals surface area contributed by atoms with Gasteiger partial charge in [0.15, 0.2) is 7.28 Å². The number of ether oxygens (including phenoxy) is 3. The van der Waals surface area contributed by atoms with Crippen molar-refractivity contribution in [3.05, 3.63) is 0 Å². The topological polar surface area (TPSA) is 44.8 Å². The van der Waals surface area contributed by atoms with Crippen LogP contribution in [0.2, 0.25) is 5.31 Å². The molecule has 0 radical (unpaired) electrons. The number of rotatable bonds is 7. The van der Waals surface area contributed by atoms with Crippen molar-refractivity contribution in [3.63, 3.8) is 0 Å². The molecule has 0 saturated carbocycles. The van der Waals surface area contributed by atoms with Gasteiger partial charge in [-0.2, -0.15) is 0 Å². The monoisotopic (exact) mass is 258 g/mol. The van der Waals surface area contributed by atoms with Crippen molar-refractivity contribution < 1.29 is 19.0 Å². The molecule has 0 aromatic rings. The van der Waals surface area contributed by atoms with E-state index < -0.39 is 11.7 Å². The van der Waals surface area contributed by atoms with Gasteiger partial charge in [-0.3, -0.25) is 0 Å². The van der Waals surface area contributed by atoms with Crippen molar-refractivity contribution in [3.8, 4) is 0 Å². The lowest BCUT2D eigenvalue weighted by Gasteiger charge is -2.33. The van der Waals surface area contributed by atoms with Crippen LogP contribution in [0, 0.1) is 0 Å². The summed E-state index contributed by atoms with van der Waals surface area (Å²) in [6, 6.07) is 0. The zero-order valence-corrected chi connectivity index (χ0v) is 12.8. The Morgan fingerprint density at radius 3 is 2.22 bits per heavy atom. The highest BCUT2D eigenvalue weighted by Gasteiger charge is 2.34. The van der Waals surface area contributed by atoms with Crippen LogP contribution in [0.25, 0.3) is 0 Å². The van der Waals surface area contributed by atoms with Gasteiger partial charge in [-0.05, 0) is 39.9 Å². The summed E-state index contributed by atoms with van der Waals surface area (Å²) in [5.41, 5.74) is -0.559. The molecule has 0 aliphatic carbocycles. The Kier molecular flexibility index (Phi) is 6.75. The zero-order valence-electron chi connectivity index (χ0n) is 12.8. The summed E-state index contributed by atoms with van der Waals surface area (Å²) in [5, 5.41) is -0.0553. The van der Waals surface area contributed by atoms with Crippen LogP contribution in [0.5, 0.6) is 0 Å². The lowest BCUT2D eigenvalue weighted by molar-refractivity contribution is 0.0167. The lowest BCUT2D eigenvalue weighted by atomic mass is 9.46. The van der Waals surface area contributed by atoms with Crippen molar-refractivity contribution >= 4 is 13.4 Å². The van der Waals surface area contributed by atoms with E-state index in [0.29, 0.717) is 20.5 Å². The molecular weight excluding hydrogens is 231 g/mol. The second kappa shape index (κ2) is 7.02. The van der Waals surface area contributed by atoms with Crippen LogP contribution in [0.3, 0.4) is 0 Å². The van der Waals surface area contributed by atoms with Gasteiger partial charge in [-0.15, -0.1) is 0 Å². The second-order valence-corrected chi connectivity index (χ2v) is 6.25. The van der Waals surface area contributed by atoms with Gasteiger partial charge in [0.2, 0.25) is 0 Å². The summed E-state index contributed by atoms with van der Waals surface area (Å²) in [7, 11) is 0.714. The summed E-state index contributed by atoms with van der Waals surface area (Å²) in [4.78, 5) is 11.3. The van der Waals surface area contributed by atoms with Crippen LogP contribution in [-0.2, 0) is 14.2 Å². The summed E-state index contributed by atoms with van der Waals surface area (Å²) in [6.07, 6.45) is -0.401. The standard InChI is InChI=1S/C13H27BO4/c1-8-16-11(15)18-13(6,7)14-12(4,5)9-17-10(2)3/h10,14H,8-9H2,1-7H3. The highest BCUT2D eigenvalue weighted by atomic mass is 16.7. The van der Waals surface area contributed by atoms with Crippen molar-refractivity contribution in [1.82, 2.24) is 0 Å². The van der Waals surface area contributed by atoms with Gasteiger partial charge >= 0.3 is 6.16 Å². The van der Waals surface area contributed by atoms with E-state index in [1.165, 1.54) is 0 Å². The normalized spacial score (nSPS) is 12.4. The van der Waals surface area contributed by atoms with E-state index in [4.69, 9.17) is 14.2 Å². The van der Waals surface area contributed by atoms with E-state index in [-0.39, 0.29) is 11.4 Å². The molecule has 0 aliphatic heterocycles. The largest absolute Gasteiger partial charge is 0.508 e. The Labute approximate surface area is 112 Å². The van der Waals surface area contributed by atoms with Gasteiger partial charge in [0.25, 0.3) is 0 Å². The van der Waals surface area contributed by atoms with Crippen LogP contribution >= 0.6 is 0 Å². The molecule has 0 unspecified atom stereocenters. The van der Waals surface area contributed by atoms with Crippen LogP contribution in [-0.4, -0.2) is 38.3 Å². The smallest absolute Gasteiger partial charge is 0.438 e. The van der Waals surface area contributed by atoms with Crippen molar-refractivity contribution in [2.45, 2.75) is 65.4 Å². The first-order valence-corrected chi connectivity index (χ1v) is 6.55. The third-order valence-electron chi connectivity index (χ3n) is 2.33. The highest BCUT2D eigenvalue weighted by molar-refractivity contribution is 6.43. The Balaban J connectivity index is 4.31. The maximum Gasteiger partial charge on any atom is 0.508 e. The van der Waals surface area contributed by atoms with Gasteiger partial charge < -0.3 is 14.2 Å². The summed E-state index contributed by atoms with van der Waals surface area (Å²) >= 11 is 0. The molecule has 106 valence electrons. The third kappa shape index (κ3) is 8.40. The molecule has 18 heavy (non-hydrogen) atoms. The van der Waals surface area contributed by atoms with Crippen molar-refractivity contribution in [2.24, 2.45) is 0 Å². The SMILES string of the molecule is CCOC(=O)OC(C)(C)BC(C)(C)COC(C)C. The van der Waals surface area contributed by atoms with Crippen molar-refractivity contribution in [2.75, 3.05) is 13.2 Å². The van der Waals surface area contributed by atoms with Gasteiger partial charge in [0, 0.05) is 6.61 Å². The Morgan fingerprint density at radius 1 is 1.22 bits per heavy atom. The van der Waals surface area contributed by atoms with E-state index in [2.05, 4.69) is 13.8 Å². The predicted octanol–water partition coefficient (Wildman–Crippen LogP) is 2.96. The fraction of sp³-hybridized carbons (Fsp3) is 0.923. The van der Waals surface area contributed by atoms with Crippen molar-refractivity contribution in [1.29, 1.82) is 0 Å². The molecule has 0 bridgehead atoms. The lowest BCUT2D eigenvalue weighted by Crippen LogP contribution is -2.41. The first-order chi connectivity index (χ1) is 8.08. The second-order valence-electron chi connectivity index (χ2n) is 6.25. The molecule has 0 spiro atoms. The molecule has 0 amide bonds. The van der Waals surface area contributed by atoms with Crippen LogP contribution in [0.4, 0.5) is 4.79 Å². The van der Waals surface area contributed by atoms with E-state index in [0.717, 1.165) is 0 Å². The fourth-order valence-corrected chi connectivity index (χ4v) is 2.00. The minimum absolute atomic E-state index is 0.0553. The maximum atomic E-state index is 11.3. The number of carbonyl (C=O) groups excluding carboxylic acids is 1. The Morgan fingerprint density at radius 2 is 1.78 bits per heavy atom. The van der Waals surface area contributed by atoms with E-state index >= 15 is 0 Å². The Bertz CT molecular complexity index is 262. The minimum atomic E-state index is -0.608. The predicted molar refractivity (Wildman–Crippen MR) is 74.5 cm³/mol. The molecule has 0 heterocycles. The van der Waals surface area contributed by atoms with E-state index in [1.54, 1.807) is 6.92 Å². The highest BCUT2D eigenvalue weighted by Crippen LogP contribution is 2.29. The molecule has 0 aromatic carbocycles. The zero-order chi connectivity index (χ0) is 14.4. The molecule has 0 fully saturated rings. The summed E-state index contributed by atoms with van der Waals surface area (Å²) in [6.45, 7) is 14.7. The van der Waals surface area contributed by atoms with Gasteiger partial charge in [-0.25, -0.2) is 4.79 Å². The minimum Gasteiger partial charge on any atom is -0.438 e. The summed E-state index contributed by atoms with van der Waals surface area (Å²) in [5.74, 6) is 0. The number of hydrogen-bond acceptors (Lipinski definition) is 4. The number of hydrogen-bond donors (Lipinski definition) is 0. The fourth-order valence-electron chi connectivity index (χ4n) is 2.00. The maximum absolute atomic E-state index is 11.3. The van der Waals surface area contributed by atoms with Gasteiger partial charge in [0.05, 0.1) is 18.2 Å². The molecule has 0 aromatic heterocycles. The average Bonchev–Trinajstić information content (AvgIpc) is 2.12. The van der Waals surface area contributed by atoms with Crippen LogP contribution < -0.4 is 0 Å². The van der Waals surface area contributed by atoms with E-state index in [9.17, 15) is 4.79 Å². The molecule has 0 rings (SSSR count). The molecule has 0 aliphatic rings. The quantitative estimate of drug-likeness (QED) is 0.520. The molecule has 0 atom stereocenters. The molecular formula is C13H27BO4. The average molecular weight is 258 g/mol.